The minimum atomic E-state index is -0.0812. The van der Waals surface area contributed by atoms with Gasteiger partial charge < -0.3 is 16.0 Å². The van der Waals surface area contributed by atoms with E-state index in [1.54, 1.807) is 0 Å². The second-order valence-corrected chi connectivity index (χ2v) is 7.17. The Bertz CT molecular complexity index is 773. The van der Waals surface area contributed by atoms with E-state index in [1.165, 1.54) is 0 Å². The lowest BCUT2D eigenvalue weighted by Crippen LogP contribution is -2.15. The third kappa shape index (κ3) is 7.84. The summed E-state index contributed by atoms with van der Waals surface area (Å²) in [7, 11) is 4.16. The molecule has 0 bridgehead atoms. The number of carbonyl (C=O) groups is 1. The van der Waals surface area contributed by atoms with Gasteiger partial charge in [-0.2, -0.15) is 0 Å². The van der Waals surface area contributed by atoms with Gasteiger partial charge in [-0.05, 0) is 51.0 Å². The first-order valence-electron chi connectivity index (χ1n) is 9.58. The topological polar surface area (TPSA) is 108 Å². The number of nitrogens with one attached hydrogen (secondary N) is 2. The number of hydrogen-bond acceptors (Lipinski definition) is 6. The van der Waals surface area contributed by atoms with E-state index in [2.05, 4.69) is 34.3 Å². The summed E-state index contributed by atoms with van der Waals surface area (Å²) in [6.45, 7) is 1.94. The van der Waals surface area contributed by atoms with Crippen molar-refractivity contribution in [2.75, 3.05) is 32.5 Å². The highest BCUT2D eigenvalue weighted by atomic mass is 16.1. The first kappa shape index (κ1) is 21.5. The Morgan fingerprint density at radius 3 is 2.61 bits per heavy atom. The highest BCUT2D eigenvalue weighted by Gasteiger charge is 2.06. The van der Waals surface area contributed by atoms with Crippen molar-refractivity contribution in [1.29, 1.82) is 5.41 Å². The van der Waals surface area contributed by atoms with Crippen molar-refractivity contribution in [3.8, 4) is 11.1 Å². The van der Waals surface area contributed by atoms with E-state index in [1.807, 2.05) is 36.7 Å². The normalized spacial score (nSPS) is 10.8. The van der Waals surface area contributed by atoms with Gasteiger partial charge in [-0.25, -0.2) is 9.97 Å². The third-order valence-electron chi connectivity index (χ3n) is 4.31. The van der Waals surface area contributed by atoms with Crippen LogP contribution in [0, 0.1) is 5.41 Å². The lowest BCUT2D eigenvalue weighted by molar-refractivity contribution is -0.117. The lowest BCUT2D eigenvalue weighted by atomic mass is 10.0. The van der Waals surface area contributed by atoms with Crippen LogP contribution in [0.2, 0.25) is 0 Å². The molecule has 0 aliphatic heterocycles. The Morgan fingerprint density at radius 2 is 1.93 bits per heavy atom. The number of nitrogens with two attached hydrogens (primary N) is 1. The van der Waals surface area contributed by atoms with E-state index in [-0.39, 0.29) is 18.0 Å². The lowest BCUT2D eigenvalue weighted by Gasteiger charge is -2.09. The maximum Gasteiger partial charge on any atom is 0.222 e. The Hall–Kier alpha value is -2.80. The number of anilines is 1. The molecule has 0 amide bonds. The summed E-state index contributed by atoms with van der Waals surface area (Å²) < 4.78 is 0. The second-order valence-electron chi connectivity index (χ2n) is 7.17. The van der Waals surface area contributed by atoms with Crippen molar-refractivity contribution in [1.82, 2.24) is 14.9 Å². The SMILES string of the molecule is CN(C)CCCCNc1ncc(-c2cccc(CCC(=O)CC(=N)N)c2)cn1. The molecule has 0 aliphatic rings. The van der Waals surface area contributed by atoms with E-state index < -0.39 is 0 Å². The van der Waals surface area contributed by atoms with Crippen LogP contribution in [0.1, 0.15) is 31.2 Å². The summed E-state index contributed by atoms with van der Waals surface area (Å²) in [5, 5.41) is 10.4. The number of unbranched alkanes of at least 4 members (excludes halogenated alkanes) is 1. The van der Waals surface area contributed by atoms with Crippen molar-refractivity contribution in [2.24, 2.45) is 5.73 Å². The van der Waals surface area contributed by atoms with Gasteiger partial charge in [0, 0.05) is 30.9 Å². The summed E-state index contributed by atoms with van der Waals surface area (Å²) in [5.74, 6) is 0.545. The van der Waals surface area contributed by atoms with Gasteiger partial charge in [0.1, 0.15) is 5.78 Å². The number of hydrogen-bond donors (Lipinski definition) is 3. The summed E-state index contributed by atoms with van der Waals surface area (Å²) in [5.41, 5.74) is 8.30. The van der Waals surface area contributed by atoms with Crippen molar-refractivity contribution >= 4 is 17.6 Å². The zero-order valence-electron chi connectivity index (χ0n) is 16.7. The van der Waals surface area contributed by atoms with Crippen molar-refractivity contribution in [3.63, 3.8) is 0 Å². The van der Waals surface area contributed by atoms with Crippen molar-refractivity contribution in [2.45, 2.75) is 32.1 Å². The van der Waals surface area contributed by atoms with Gasteiger partial charge >= 0.3 is 0 Å². The van der Waals surface area contributed by atoms with E-state index in [9.17, 15) is 4.79 Å². The Morgan fingerprint density at radius 1 is 1.18 bits per heavy atom. The molecule has 2 rings (SSSR count). The summed E-state index contributed by atoms with van der Waals surface area (Å²) in [4.78, 5) is 22.7. The number of carbonyl (C=O) groups excluding carboxylic acids is 1. The number of aromatic nitrogens is 2. The van der Waals surface area contributed by atoms with Crippen LogP contribution < -0.4 is 11.1 Å². The highest BCUT2D eigenvalue weighted by Crippen LogP contribution is 2.20. The number of ketones is 1. The molecule has 1 aromatic carbocycles. The first-order chi connectivity index (χ1) is 13.4. The first-order valence-corrected chi connectivity index (χ1v) is 9.58. The minimum Gasteiger partial charge on any atom is -0.387 e. The zero-order valence-corrected chi connectivity index (χ0v) is 16.7. The molecule has 0 radical (unpaired) electrons. The van der Waals surface area contributed by atoms with E-state index >= 15 is 0 Å². The molecule has 0 saturated carbocycles. The predicted molar refractivity (Wildman–Crippen MR) is 114 cm³/mol. The minimum absolute atomic E-state index is 0.0118. The number of amidine groups is 1. The number of nitrogens with zero attached hydrogens (tertiary/aromatic N) is 3. The smallest absolute Gasteiger partial charge is 0.222 e. The predicted octanol–water partition coefficient (Wildman–Crippen LogP) is 2.73. The van der Waals surface area contributed by atoms with Gasteiger partial charge in [0.25, 0.3) is 0 Å². The van der Waals surface area contributed by atoms with Crippen LogP contribution in [0.3, 0.4) is 0 Å². The van der Waals surface area contributed by atoms with Crippen LogP contribution in [0.25, 0.3) is 11.1 Å². The maximum absolute atomic E-state index is 11.7. The summed E-state index contributed by atoms with van der Waals surface area (Å²) >= 11 is 0. The van der Waals surface area contributed by atoms with Gasteiger partial charge in [-0.3, -0.25) is 10.2 Å². The largest absolute Gasteiger partial charge is 0.387 e. The fourth-order valence-corrected chi connectivity index (χ4v) is 2.81. The summed E-state index contributed by atoms with van der Waals surface area (Å²) in [6.07, 6.45) is 6.89. The average Bonchev–Trinajstić information content (AvgIpc) is 2.66. The Labute approximate surface area is 166 Å². The fourth-order valence-electron chi connectivity index (χ4n) is 2.81. The van der Waals surface area contributed by atoms with E-state index in [0.29, 0.717) is 18.8 Å². The van der Waals surface area contributed by atoms with Crippen molar-refractivity contribution in [3.05, 3.63) is 42.2 Å². The van der Waals surface area contributed by atoms with Gasteiger partial charge in [-0.1, -0.05) is 24.3 Å². The third-order valence-corrected chi connectivity index (χ3v) is 4.31. The molecule has 7 nitrogen and oxygen atoms in total. The average molecular weight is 383 g/mol. The zero-order chi connectivity index (χ0) is 20.4. The van der Waals surface area contributed by atoms with Crippen LogP contribution in [-0.2, 0) is 11.2 Å². The standard InChI is InChI=1S/C21H30N6O/c1-27(2)11-4-3-10-24-21-25-14-18(15-26-21)17-7-5-6-16(12-17)8-9-19(28)13-20(22)23/h5-7,12,14-15H,3-4,8-11,13H2,1-2H3,(H3,22,23)(H,24,25,26). The molecule has 7 heteroatoms. The molecule has 0 fully saturated rings. The van der Waals surface area contributed by atoms with Crippen LogP contribution >= 0.6 is 0 Å². The number of aryl methyl sites for hydroxylation is 1. The van der Waals surface area contributed by atoms with Gasteiger partial charge in [0.15, 0.2) is 0 Å². The summed E-state index contributed by atoms with van der Waals surface area (Å²) in [6, 6.07) is 8.02. The van der Waals surface area contributed by atoms with Crippen molar-refractivity contribution < 1.29 is 4.79 Å². The quantitative estimate of drug-likeness (QED) is 0.296. The number of Topliss-reactive ketones (excluding diaryl/α,β-unsaturated/α-hetero) is 1. The molecular formula is C21H30N6O. The molecule has 150 valence electrons. The molecule has 0 unspecified atom stereocenters. The van der Waals surface area contributed by atoms with Gasteiger partial charge in [0.05, 0.1) is 12.3 Å². The Kier molecular flexibility index (Phi) is 8.55. The van der Waals surface area contributed by atoms with Crippen LogP contribution in [0.15, 0.2) is 36.7 Å². The number of rotatable bonds is 12. The van der Waals surface area contributed by atoms with Crippen LogP contribution in [0.5, 0.6) is 0 Å². The van der Waals surface area contributed by atoms with E-state index in [4.69, 9.17) is 11.1 Å². The van der Waals surface area contributed by atoms with Crippen LogP contribution in [-0.4, -0.2) is 53.7 Å². The molecular weight excluding hydrogens is 352 g/mol. The molecule has 1 aromatic heterocycles. The monoisotopic (exact) mass is 382 g/mol. The molecule has 0 atom stereocenters. The Balaban J connectivity index is 1.87. The molecule has 0 aliphatic carbocycles. The number of benzene rings is 1. The second kappa shape index (κ2) is 11.1. The van der Waals surface area contributed by atoms with E-state index in [0.717, 1.165) is 42.6 Å². The van der Waals surface area contributed by atoms with Gasteiger partial charge in [-0.15, -0.1) is 0 Å². The molecule has 0 saturated heterocycles. The maximum atomic E-state index is 11.7. The fraction of sp³-hybridized carbons (Fsp3) is 0.429. The van der Waals surface area contributed by atoms with Gasteiger partial charge in [0.2, 0.25) is 5.95 Å². The molecule has 28 heavy (non-hydrogen) atoms. The highest BCUT2D eigenvalue weighted by molar-refractivity contribution is 5.98. The molecule has 2 aromatic rings. The van der Waals surface area contributed by atoms with Crippen LogP contribution in [0.4, 0.5) is 5.95 Å². The molecule has 0 spiro atoms. The molecule has 1 heterocycles. The molecule has 4 N–H and O–H groups in total.